The molecule has 5 heteroatoms. The second kappa shape index (κ2) is 6.14. The first kappa shape index (κ1) is 14.0. The number of aromatic carboxylic acids is 1. The van der Waals surface area contributed by atoms with Gasteiger partial charge in [-0.15, -0.1) is 0 Å². The Morgan fingerprint density at radius 2 is 1.95 bits per heavy atom. The molecule has 5 nitrogen and oxygen atoms in total. The number of anilines is 1. The highest BCUT2D eigenvalue weighted by atomic mass is 16.4. The van der Waals surface area contributed by atoms with Crippen molar-refractivity contribution in [2.45, 2.75) is 26.3 Å². The molecule has 1 aromatic heterocycles. The average molecular weight is 271 g/mol. The molecule has 104 valence electrons. The van der Waals surface area contributed by atoms with Crippen molar-refractivity contribution in [3.63, 3.8) is 0 Å². The Kier molecular flexibility index (Phi) is 4.30. The summed E-state index contributed by atoms with van der Waals surface area (Å²) in [6.45, 7) is 4.75. The molecule has 0 radical (unpaired) electrons. The standard InChI is InChI=1S/C15H17N3O2/c1-10(2)13-7-14(18-9-17-13)16-8-11-3-5-12(6-4-11)15(19)20/h3-7,9-10H,8H2,1-2H3,(H,19,20)(H,16,17,18). The number of nitrogens with one attached hydrogen (secondary N) is 1. The molecular weight excluding hydrogens is 254 g/mol. The molecule has 0 saturated heterocycles. The molecule has 0 spiro atoms. The number of rotatable bonds is 5. The lowest BCUT2D eigenvalue weighted by Gasteiger charge is -2.08. The summed E-state index contributed by atoms with van der Waals surface area (Å²) in [6.07, 6.45) is 1.55. The van der Waals surface area contributed by atoms with E-state index >= 15 is 0 Å². The molecule has 2 aromatic rings. The highest BCUT2D eigenvalue weighted by molar-refractivity contribution is 5.87. The summed E-state index contributed by atoms with van der Waals surface area (Å²) < 4.78 is 0. The molecule has 0 bridgehead atoms. The summed E-state index contributed by atoms with van der Waals surface area (Å²) in [4.78, 5) is 19.1. The maximum absolute atomic E-state index is 10.8. The van der Waals surface area contributed by atoms with Crippen molar-refractivity contribution in [2.24, 2.45) is 0 Å². The average Bonchev–Trinajstić information content (AvgIpc) is 2.46. The van der Waals surface area contributed by atoms with Gasteiger partial charge in [-0.25, -0.2) is 14.8 Å². The molecule has 20 heavy (non-hydrogen) atoms. The van der Waals surface area contributed by atoms with Crippen LogP contribution in [0.2, 0.25) is 0 Å². The van der Waals surface area contributed by atoms with E-state index in [1.54, 1.807) is 30.6 Å². The SMILES string of the molecule is CC(C)c1cc(NCc2ccc(C(=O)O)cc2)ncn1. The predicted molar refractivity (Wildman–Crippen MR) is 76.8 cm³/mol. The van der Waals surface area contributed by atoms with Crippen molar-refractivity contribution in [2.75, 3.05) is 5.32 Å². The van der Waals surface area contributed by atoms with Gasteiger partial charge in [0.25, 0.3) is 0 Å². The van der Waals surface area contributed by atoms with E-state index in [-0.39, 0.29) is 5.56 Å². The fourth-order valence-corrected chi connectivity index (χ4v) is 1.74. The molecule has 2 rings (SSSR count). The van der Waals surface area contributed by atoms with Crippen LogP contribution in [0, 0.1) is 0 Å². The van der Waals surface area contributed by atoms with Gasteiger partial charge in [0.1, 0.15) is 12.1 Å². The first-order valence-corrected chi connectivity index (χ1v) is 6.44. The number of carboxylic acids is 1. The number of carbonyl (C=O) groups is 1. The zero-order valence-electron chi connectivity index (χ0n) is 11.5. The minimum absolute atomic E-state index is 0.290. The lowest BCUT2D eigenvalue weighted by atomic mass is 10.1. The Balaban J connectivity index is 2.01. The highest BCUT2D eigenvalue weighted by Gasteiger charge is 2.04. The van der Waals surface area contributed by atoms with Gasteiger partial charge >= 0.3 is 5.97 Å². The Bertz CT molecular complexity index is 594. The third kappa shape index (κ3) is 3.54. The summed E-state index contributed by atoms with van der Waals surface area (Å²) in [6, 6.07) is 8.70. The van der Waals surface area contributed by atoms with Gasteiger partial charge in [-0.3, -0.25) is 0 Å². The van der Waals surface area contributed by atoms with Gasteiger partial charge in [-0.05, 0) is 23.6 Å². The van der Waals surface area contributed by atoms with Crippen LogP contribution in [0.4, 0.5) is 5.82 Å². The molecule has 0 aliphatic carbocycles. The maximum Gasteiger partial charge on any atom is 0.335 e. The van der Waals surface area contributed by atoms with Crippen molar-refractivity contribution < 1.29 is 9.90 Å². The zero-order chi connectivity index (χ0) is 14.5. The molecule has 0 saturated carbocycles. The van der Waals surface area contributed by atoms with Gasteiger partial charge in [0.2, 0.25) is 0 Å². The van der Waals surface area contributed by atoms with E-state index in [1.165, 1.54) is 0 Å². The molecule has 0 fully saturated rings. The molecule has 0 unspecified atom stereocenters. The van der Waals surface area contributed by atoms with Crippen LogP contribution in [-0.4, -0.2) is 21.0 Å². The van der Waals surface area contributed by atoms with Gasteiger partial charge in [-0.1, -0.05) is 26.0 Å². The molecule has 1 aromatic carbocycles. The Labute approximate surface area is 117 Å². The highest BCUT2D eigenvalue weighted by Crippen LogP contribution is 2.14. The van der Waals surface area contributed by atoms with Crippen LogP contribution < -0.4 is 5.32 Å². The van der Waals surface area contributed by atoms with Crippen LogP contribution in [0.5, 0.6) is 0 Å². The van der Waals surface area contributed by atoms with E-state index in [2.05, 4.69) is 29.1 Å². The van der Waals surface area contributed by atoms with Crippen LogP contribution >= 0.6 is 0 Å². The van der Waals surface area contributed by atoms with Crippen LogP contribution in [0.25, 0.3) is 0 Å². The number of benzene rings is 1. The second-order valence-electron chi connectivity index (χ2n) is 4.84. The lowest BCUT2D eigenvalue weighted by Crippen LogP contribution is -2.04. The first-order valence-electron chi connectivity index (χ1n) is 6.44. The van der Waals surface area contributed by atoms with E-state index in [4.69, 9.17) is 5.11 Å². The van der Waals surface area contributed by atoms with E-state index in [0.717, 1.165) is 17.1 Å². The second-order valence-corrected chi connectivity index (χ2v) is 4.84. The third-order valence-electron chi connectivity index (χ3n) is 2.95. The number of hydrogen-bond acceptors (Lipinski definition) is 4. The van der Waals surface area contributed by atoms with E-state index < -0.39 is 5.97 Å². The molecule has 0 aliphatic rings. The smallest absolute Gasteiger partial charge is 0.335 e. The normalized spacial score (nSPS) is 10.6. The van der Waals surface area contributed by atoms with Crippen LogP contribution in [0.1, 0.15) is 41.4 Å². The Morgan fingerprint density at radius 3 is 2.55 bits per heavy atom. The minimum Gasteiger partial charge on any atom is -0.478 e. The van der Waals surface area contributed by atoms with Crippen molar-refractivity contribution in [1.29, 1.82) is 0 Å². The van der Waals surface area contributed by atoms with Crippen molar-refractivity contribution in [3.8, 4) is 0 Å². The van der Waals surface area contributed by atoms with Crippen LogP contribution in [0.3, 0.4) is 0 Å². The Hall–Kier alpha value is -2.43. The van der Waals surface area contributed by atoms with Gasteiger partial charge in [0.15, 0.2) is 0 Å². The summed E-state index contributed by atoms with van der Waals surface area (Å²) in [5, 5.41) is 12.0. The molecule has 2 N–H and O–H groups in total. The quantitative estimate of drug-likeness (QED) is 0.874. The minimum atomic E-state index is -0.915. The summed E-state index contributed by atoms with van der Waals surface area (Å²) in [7, 11) is 0. The van der Waals surface area contributed by atoms with Crippen LogP contribution in [0.15, 0.2) is 36.7 Å². The van der Waals surface area contributed by atoms with Gasteiger partial charge in [0.05, 0.1) is 5.56 Å². The number of nitrogens with zero attached hydrogens (tertiary/aromatic N) is 2. The number of hydrogen-bond donors (Lipinski definition) is 2. The fraction of sp³-hybridized carbons (Fsp3) is 0.267. The molecular formula is C15H17N3O2. The number of carboxylic acid groups (broad SMARTS) is 1. The zero-order valence-corrected chi connectivity index (χ0v) is 11.5. The third-order valence-corrected chi connectivity index (χ3v) is 2.95. The Morgan fingerprint density at radius 1 is 1.25 bits per heavy atom. The van der Waals surface area contributed by atoms with Crippen LogP contribution in [-0.2, 0) is 6.54 Å². The molecule has 0 aliphatic heterocycles. The lowest BCUT2D eigenvalue weighted by molar-refractivity contribution is 0.0697. The van der Waals surface area contributed by atoms with Gasteiger partial charge in [-0.2, -0.15) is 0 Å². The summed E-state index contributed by atoms with van der Waals surface area (Å²) >= 11 is 0. The van der Waals surface area contributed by atoms with E-state index in [1.807, 2.05) is 6.07 Å². The largest absolute Gasteiger partial charge is 0.478 e. The first-order chi connectivity index (χ1) is 9.56. The van der Waals surface area contributed by atoms with E-state index in [9.17, 15) is 4.79 Å². The van der Waals surface area contributed by atoms with Gasteiger partial charge < -0.3 is 10.4 Å². The molecule has 1 heterocycles. The molecule has 0 atom stereocenters. The molecule has 0 amide bonds. The topological polar surface area (TPSA) is 75.1 Å². The fourth-order valence-electron chi connectivity index (χ4n) is 1.74. The van der Waals surface area contributed by atoms with Crippen molar-refractivity contribution >= 4 is 11.8 Å². The summed E-state index contributed by atoms with van der Waals surface area (Å²) in [5.74, 6) is 0.210. The monoisotopic (exact) mass is 271 g/mol. The van der Waals surface area contributed by atoms with E-state index in [0.29, 0.717) is 12.5 Å². The van der Waals surface area contributed by atoms with Crippen molar-refractivity contribution in [1.82, 2.24) is 9.97 Å². The maximum atomic E-state index is 10.8. The van der Waals surface area contributed by atoms with Crippen molar-refractivity contribution in [3.05, 3.63) is 53.5 Å². The predicted octanol–water partition coefficient (Wildman–Crippen LogP) is 2.91. The number of aromatic nitrogens is 2. The summed E-state index contributed by atoms with van der Waals surface area (Å²) in [5.41, 5.74) is 2.28. The van der Waals surface area contributed by atoms with Gasteiger partial charge in [0, 0.05) is 18.3 Å².